The molecule has 2 aliphatic rings. The lowest BCUT2D eigenvalue weighted by Crippen LogP contribution is -2.59. The van der Waals surface area contributed by atoms with Gasteiger partial charge in [-0.1, -0.05) is 127 Å². The van der Waals surface area contributed by atoms with E-state index in [2.05, 4.69) is 257 Å². The van der Waals surface area contributed by atoms with Crippen molar-refractivity contribution in [2.45, 2.75) is 0 Å². The first-order valence-electron chi connectivity index (χ1n) is 24.8. The van der Waals surface area contributed by atoms with Crippen LogP contribution >= 0.6 is 0 Å². The molecule has 0 amide bonds. The van der Waals surface area contributed by atoms with Gasteiger partial charge in [0.05, 0.1) is 5.69 Å². The summed E-state index contributed by atoms with van der Waals surface area (Å²) in [6.07, 6.45) is 0. The van der Waals surface area contributed by atoms with Gasteiger partial charge in [-0.2, -0.15) is 0 Å². The van der Waals surface area contributed by atoms with Crippen molar-refractivity contribution in [2.75, 3.05) is 14.7 Å². The fraction of sp³-hybridized carbons (Fsp3) is 0. The van der Waals surface area contributed by atoms with Gasteiger partial charge in [0.15, 0.2) is 0 Å². The number of hydrogen-bond donors (Lipinski definition) is 0. The van der Waals surface area contributed by atoms with E-state index in [4.69, 9.17) is 13.6 Å². The van der Waals surface area contributed by atoms with Crippen molar-refractivity contribution in [3.8, 4) is 22.6 Å². The summed E-state index contributed by atoms with van der Waals surface area (Å²) in [5.41, 5.74) is 18.3. The molecule has 0 N–H and O–H groups in total. The van der Waals surface area contributed by atoms with E-state index in [1.807, 2.05) is 12.1 Å². The summed E-state index contributed by atoms with van der Waals surface area (Å²) >= 11 is 0. The standard InChI is InChI=1S/C66H42BN3O3/c1-6-19-43(20-7-1)50-29-16-17-30-57(50)70-58-31-18-32-60-66(58)67(55-41-63-53(39-59(55)70)51-35-33-48(37-61(51)72-63)68(44-21-8-2-9-22-44)45-23-10-3-11-24-45)56-42-64-54(40-65(56)71-60)52-36-34-49(38-62(52)73-64)69(46-25-12-4-13-26-46)47-27-14-5-15-28-47/h1-42H. The normalized spacial score (nSPS) is 12.4. The van der Waals surface area contributed by atoms with Crippen LogP contribution in [0.4, 0.5) is 51.2 Å². The molecule has 0 aliphatic carbocycles. The average Bonchev–Trinajstić information content (AvgIpc) is 4.02. The van der Waals surface area contributed by atoms with E-state index in [0.717, 1.165) is 134 Å². The molecular weight excluding hydrogens is 894 g/mol. The molecule has 11 aromatic carbocycles. The molecule has 0 spiro atoms. The third kappa shape index (κ3) is 6.59. The van der Waals surface area contributed by atoms with Crippen LogP contribution < -0.4 is 35.8 Å². The topological polar surface area (TPSA) is 45.2 Å². The van der Waals surface area contributed by atoms with Crippen LogP contribution in [0.2, 0.25) is 0 Å². The van der Waals surface area contributed by atoms with Gasteiger partial charge in [0.1, 0.15) is 33.8 Å². The van der Waals surface area contributed by atoms with E-state index in [-0.39, 0.29) is 6.71 Å². The Bertz CT molecular complexity index is 4180. The second-order valence-corrected chi connectivity index (χ2v) is 18.8. The van der Waals surface area contributed by atoms with E-state index >= 15 is 0 Å². The van der Waals surface area contributed by atoms with Crippen LogP contribution in [0.25, 0.3) is 55.0 Å². The van der Waals surface area contributed by atoms with Crippen molar-refractivity contribution < 1.29 is 13.6 Å². The molecule has 0 atom stereocenters. The van der Waals surface area contributed by atoms with Crippen molar-refractivity contribution in [1.29, 1.82) is 0 Å². The first-order chi connectivity index (χ1) is 36.2. The molecule has 0 saturated heterocycles. The summed E-state index contributed by atoms with van der Waals surface area (Å²) in [4.78, 5) is 6.98. The van der Waals surface area contributed by atoms with Gasteiger partial charge in [0, 0.05) is 84.7 Å². The number of fused-ring (bicyclic) bond motifs is 10. The molecule has 0 saturated carbocycles. The Morgan fingerprint density at radius 2 is 0.781 bits per heavy atom. The first-order valence-corrected chi connectivity index (χ1v) is 24.8. The molecule has 73 heavy (non-hydrogen) atoms. The third-order valence-corrected chi connectivity index (χ3v) is 14.7. The van der Waals surface area contributed by atoms with Crippen LogP contribution in [0, 0.1) is 0 Å². The van der Waals surface area contributed by atoms with E-state index in [9.17, 15) is 0 Å². The minimum Gasteiger partial charge on any atom is -0.458 e. The molecule has 13 aromatic rings. The number of rotatable bonds is 8. The van der Waals surface area contributed by atoms with Gasteiger partial charge >= 0.3 is 0 Å². The Hall–Kier alpha value is -9.72. The average molecular weight is 936 g/mol. The van der Waals surface area contributed by atoms with Crippen LogP contribution in [0.5, 0.6) is 11.5 Å². The monoisotopic (exact) mass is 935 g/mol. The summed E-state index contributed by atoms with van der Waals surface area (Å²) in [5.74, 6) is 1.64. The minimum atomic E-state index is -0.204. The first kappa shape index (κ1) is 41.1. The molecule has 342 valence electrons. The highest BCUT2D eigenvalue weighted by atomic mass is 16.5. The van der Waals surface area contributed by atoms with Crippen molar-refractivity contribution in [1.82, 2.24) is 0 Å². The largest absolute Gasteiger partial charge is 0.458 e. The number of anilines is 9. The predicted octanol–water partition coefficient (Wildman–Crippen LogP) is 16.5. The second kappa shape index (κ2) is 16.4. The summed E-state index contributed by atoms with van der Waals surface area (Å²) in [5, 5.41) is 4.13. The van der Waals surface area contributed by atoms with Gasteiger partial charge in [0.25, 0.3) is 6.71 Å². The van der Waals surface area contributed by atoms with Crippen molar-refractivity contribution in [2.24, 2.45) is 0 Å². The summed E-state index contributed by atoms with van der Waals surface area (Å²) in [6.45, 7) is -0.204. The van der Waals surface area contributed by atoms with Gasteiger partial charge in [-0.3, -0.25) is 0 Å². The Morgan fingerprint density at radius 1 is 0.315 bits per heavy atom. The fourth-order valence-electron chi connectivity index (χ4n) is 11.5. The fourth-order valence-corrected chi connectivity index (χ4v) is 11.5. The Balaban J connectivity index is 0.934. The van der Waals surface area contributed by atoms with E-state index in [1.165, 1.54) is 0 Å². The highest BCUT2D eigenvalue weighted by Gasteiger charge is 2.43. The smallest absolute Gasteiger partial charge is 0.256 e. The number of para-hydroxylation sites is 5. The number of furan rings is 2. The molecule has 0 unspecified atom stereocenters. The number of ether oxygens (including phenoxy) is 1. The summed E-state index contributed by atoms with van der Waals surface area (Å²) in [7, 11) is 0. The Morgan fingerprint density at radius 3 is 1.34 bits per heavy atom. The molecule has 0 fully saturated rings. The van der Waals surface area contributed by atoms with Crippen LogP contribution in [0.1, 0.15) is 0 Å². The molecule has 0 radical (unpaired) electrons. The SMILES string of the molecule is c1ccc(-c2ccccc2N2c3cc4c(cc3B3c5cc6oc7cc(N(c8ccccc8)c8ccccc8)ccc7c6cc5Oc5cccc2c53)oc2cc(N(c3ccccc3)c3ccccc3)ccc24)cc1. The quantitative estimate of drug-likeness (QED) is 0.141. The second-order valence-electron chi connectivity index (χ2n) is 18.8. The van der Waals surface area contributed by atoms with Crippen molar-refractivity contribution in [3.63, 3.8) is 0 Å². The lowest BCUT2D eigenvalue weighted by molar-refractivity contribution is 0.488. The lowest BCUT2D eigenvalue weighted by Gasteiger charge is -2.40. The zero-order valence-electron chi connectivity index (χ0n) is 39.4. The lowest BCUT2D eigenvalue weighted by atomic mass is 9.34. The molecule has 6 nitrogen and oxygen atoms in total. The van der Waals surface area contributed by atoms with Crippen molar-refractivity contribution in [3.05, 3.63) is 255 Å². The van der Waals surface area contributed by atoms with Crippen LogP contribution in [-0.4, -0.2) is 6.71 Å². The zero-order valence-corrected chi connectivity index (χ0v) is 39.4. The maximum atomic E-state index is 7.08. The van der Waals surface area contributed by atoms with E-state index in [1.54, 1.807) is 0 Å². The zero-order chi connectivity index (χ0) is 48.0. The Kier molecular flexibility index (Phi) is 9.26. The van der Waals surface area contributed by atoms with Crippen LogP contribution in [-0.2, 0) is 0 Å². The van der Waals surface area contributed by atoms with Crippen LogP contribution in [0.15, 0.2) is 264 Å². The van der Waals surface area contributed by atoms with Crippen LogP contribution in [0.3, 0.4) is 0 Å². The number of nitrogens with zero attached hydrogens (tertiary/aromatic N) is 3. The number of hydrogen-bond acceptors (Lipinski definition) is 6. The summed E-state index contributed by atoms with van der Waals surface area (Å²) < 4.78 is 21.1. The van der Waals surface area contributed by atoms with Crippen molar-refractivity contribution >= 4 is 118 Å². The van der Waals surface area contributed by atoms with Gasteiger partial charge in [0.2, 0.25) is 0 Å². The molecule has 4 heterocycles. The molecule has 2 aliphatic heterocycles. The predicted molar refractivity (Wildman–Crippen MR) is 302 cm³/mol. The highest BCUT2D eigenvalue weighted by molar-refractivity contribution is 6.99. The Labute approximate surface area is 421 Å². The van der Waals surface area contributed by atoms with Gasteiger partial charge < -0.3 is 28.3 Å². The third-order valence-electron chi connectivity index (χ3n) is 14.7. The van der Waals surface area contributed by atoms with Gasteiger partial charge in [-0.25, -0.2) is 0 Å². The molecule has 0 bridgehead atoms. The number of benzene rings is 11. The highest BCUT2D eigenvalue weighted by Crippen LogP contribution is 2.48. The maximum absolute atomic E-state index is 7.08. The van der Waals surface area contributed by atoms with Gasteiger partial charge in [-0.15, -0.1) is 0 Å². The summed E-state index contributed by atoms with van der Waals surface area (Å²) in [6, 6.07) is 89.9. The maximum Gasteiger partial charge on any atom is 0.256 e. The minimum absolute atomic E-state index is 0.204. The molecule has 7 heteroatoms. The van der Waals surface area contributed by atoms with E-state index in [0.29, 0.717) is 0 Å². The van der Waals surface area contributed by atoms with E-state index < -0.39 is 0 Å². The molecular formula is C66H42BN3O3. The molecule has 2 aromatic heterocycles. The molecule has 15 rings (SSSR count). The van der Waals surface area contributed by atoms with Gasteiger partial charge in [-0.05, 0) is 137 Å².